The van der Waals surface area contributed by atoms with Crippen LogP contribution in [-0.4, -0.2) is 0 Å². The number of rotatable bonds is 6. The first-order valence-corrected chi connectivity index (χ1v) is 5.81. The predicted molar refractivity (Wildman–Crippen MR) is 62.5 cm³/mol. The molecule has 1 aromatic rings. The third kappa shape index (κ3) is 3.95. The van der Waals surface area contributed by atoms with Gasteiger partial charge in [0.05, 0.1) is 0 Å². The molecule has 0 saturated carbocycles. The van der Waals surface area contributed by atoms with Crippen molar-refractivity contribution in [3.05, 3.63) is 35.9 Å². The number of hydrogen-bond donors (Lipinski definition) is 0. The normalized spacial score (nSPS) is 12.7. The molecule has 1 radical (unpaired) electrons. The minimum Gasteiger partial charge on any atom is -0.0654 e. The van der Waals surface area contributed by atoms with E-state index in [1.807, 2.05) is 12.1 Å². The Morgan fingerprint density at radius 2 is 2.07 bits per heavy atom. The average Bonchev–Trinajstić information content (AvgIpc) is 2.25. The summed E-state index contributed by atoms with van der Waals surface area (Å²) in [5.74, 6) is 0.674. The number of benzene rings is 1. The van der Waals surface area contributed by atoms with Crippen LogP contribution >= 0.6 is 0 Å². The average molecular weight is 189 g/mol. The summed E-state index contributed by atoms with van der Waals surface area (Å²) in [6.07, 6.45) is 6.75. The molecule has 0 heterocycles. The number of hydrogen-bond acceptors (Lipinski definition) is 0. The fourth-order valence-corrected chi connectivity index (χ4v) is 1.75. The highest BCUT2D eigenvalue weighted by atomic mass is 14.1. The minimum absolute atomic E-state index is 0.674. The number of unbranched alkanes of at least 4 members (excludes halogenated alkanes) is 3. The molecule has 1 rings (SSSR count). The molecule has 0 aliphatic rings. The van der Waals surface area contributed by atoms with Crippen molar-refractivity contribution in [1.29, 1.82) is 0 Å². The van der Waals surface area contributed by atoms with Crippen LogP contribution in [0.5, 0.6) is 0 Å². The second-order valence-electron chi connectivity index (χ2n) is 4.07. The van der Waals surface area contributed by atoms with Crippen molar-refractivity contribution in [1.82, 2.24) is 0 Å². The Balaban J connectivity index is 2.25. The summed E-state index contributed by atoms with van der Waals surface area (Å²) in [7, 11) is 0. The summed E-state index contributed by atoms with van der Waals surface area (Å²) >= 11 is 0. The van der Waals surface area contributed by atoms with Gasteiger partial charge in [0.1, 0.15) is 0 Å². The van der Waals surface area contributed by atoms with Gasteiger partial charge in [-0.25, -0.2) is 0 Å². The van der Waals surface area contributed by atoms with Crippen LogP contribution < -0.4 is 0 Å². The Morgan fingerprint density at radius 1 is 1.21 bits per heavy atom. The van der Waals surface area contributed by atoms with E-state index in [1.165, 1.54) is 37.7 Å². The molecule has 0 aliphatic heterocycles. The van der Waals surface area contributed by atoms with E-state index in [9.17, 15) is 0 Å². The van der Waals surface area contributed by atoms with Crippen LogP contribution in [0.25, 0.3) is 0 Å². The van der Waals surface area contributed by atoms with E-state index in [2.05, 4.69) is 32.0 Å². The van der Waals surface area contributed by atoms with Gasteiger partial charge >= 0.3 is 0 Å². The molecule has 0 spiro atoms. The molecule has 0 saturated heterocycles. The maximum Gasteiger partial charge on any atom is -0.0146 e. The molecule has 0 N–H and O–H groups in total. The minimum atomic E-state index is 0.674. The van der Waals surface area contributed by atoms with Gasteiger partial charge in [-0.05, 0) is 24.0 Å². The highest BCUT2D eigenvalue weighted by molar-refractivity contribution is 5.16. The third-order valence-corrected chi connectivity index (χ3v) is 2.75. The fraction of sp³-hybridized carbons (Fsp3) is 0.571. The van der Waals surface area contributed by atoms with Gasteiger partial charge in [-0.1, -0.05) is 63.8 Å². The quantitative estimate of drug-likeness (QED) is 0.575. The van der Waals surface area contributed by atoms with Gasteiger partial charge in [0.2, 0.25) is 0 Å². The fourth-order valence-electron chi connectivity index (χ4n) is 1.75. The lowest BCUT2D eigenvalue weighted by Crippen LogP contribution is -1.93. The topological polar surface area (TPSA) is 0 Å². The van der Waals surface area contributed by atoms with E-state index in [0.717, 1.165) is 0 Å². The van der Waals surface area contributed by atoms with Crippen molar-refractivity contribution in [2.75, 3.05) is 0 Å². The predicted octanol–water partition coefficient (Wildman–Crippen LogP) is 4.56. The lowest BCUT2D eigenvalue weighted by atomic mass is 9.95. The Hall–Kier alpha value is -0.780. The third-order valence-electron chi connectivity index (χ3n) is 2.75. The van der Waals surface area contributed by atoms with E-state index in [-0.39, 0.29) is 0 Å². The van der Waals surface area contributed by atoms with Gasteiger partial charge < -0.3 is 0 Å². The van der Waals surface area contributed by atoms with Gasteiger partial charge in [0, 0.05) is 0 Å². The van der Waals surface area contributed by atoms with Gasteiger partial charge in [-0.15, -0.1) is 0 Å². The van der Waals surface area contributed by atoms with Crippen molar-refractivity contribution < 1.29 is 0 Å². The Labute approximate surface area is 88.4 Å². The van der Waals surface area contributed by atoms with Crippen LogP contribution in [0.2, 0.25) is 0 Å². The van der Waals surface area contributed by atoms with Crippen molar-refractivity contribution in [3.8, 4) is 0 Å². The highest BCUT2D eigenvalue weighted by Gasteiger charge is 2.03. The summed E-state index contributed by atoms with van der Waals surface area (Å²) in [6.45, 7) is 4.56. The van der Waals surface area contributed by atoms with Crippen molar-refractivity contribution in [2.24, 2.45) is 0 Å². The molecule has 77 valence electrons. The Morgan fingerprint density at radius 3 is 2.71 bits per heavy atom. The molecular weight excluding hydrogens is 168 g/mol. The molecule has 0 bridgehead atoms. The van der Waals surface area contributed by atoms with E-state index in [4.69, 9.17) is 0 Å². The molecule has 0 aliphatic carbocycles. The van der Waals surface area contributed by atoms with Gasteiger partial charge in [-0.2, -0.15) is 0 Å². The summed E-state index contributed by atoms with van der Waals surface area (Å²) in [4.78, 5) is 0. The molecule has 0 aromatic heterocycles. The van der Waals surface area contributed by atoms with Crippen LogP contribution in [0.3, 0.4) is 0 Å². The van der Waals surface area contributed by atoms with Crippen LogP contribution in [0.4, 0.5) is 0 Å². The summed E-state index contributed by atoms with van der Waals surface area (Å²) in [6, 6.07) is 11.6. The SMILES string of the molecule is CCCCCCC(C)c1[c]cccc1. The Bertz CT molecular complexity index is 225. The largest absolute Gasteiger partial charge is 0.0654 e. The van der Waals surface area contributed by atoms with Gasteiger partial charge in [-0.3, -0.25) is 0 Å². The molecule has 14 heavy (non-hydrogen) atoms. The van der Waals surface area contributed by atoms with Gasteiger partial charge in [0.25, 0.3) is 0 Å². The van der Waals surface area contributed by atoms with E-state index in [0.29, 0.717) is 5.92 Å². The zero-order valence-corrected chi connectivity index (χ0v) is 9.42. The van der Waals surface area contributed by atoms with Gasteiger partial charge in [0.15, 0.2) is 0 Å². The zero-order chi connectivity index (χ0) is 10.2. The standard InChI is InChI=1S/C14H21/c1-3-4-5-7-10-13(2)14-11-8-6-9-12-14/h6,8-9,11,13H,3-5,7,10H2,1-2H3. The lowest BCUT2D eigenvalue weighted by molar-refractivity contribution is 0.579. The van der Waals surface area contributed by atoms with Crippen molar-refractivity contribution >= 4 is 0 Å². The van der Waals surface area contributed by atoms with Crippen LogP contribution in [-0.2, 0) is 0 Å². The molecular formula is C14H21. The maximum atomic E-state index is 3.31. The van der Waals surface area contributed by atoms with Crippen LogP contribution in [0.15, 0.2) is 24.3 Å². The van der Waals surface area contributed by atoms with E-state index in [1.54, 1.807) is 0 Å². The molecule has 0 amide bonds. The highest BCUT2D eigenvalue weighted by Crippen LogP contribution is 2.20. The molecule has 1 atom stereocenters. The maximum absolute atomic E-state index is 3.31. The smallest absolute Gasteiger partial charge is 0.0146 e. The first-order valence-electron chi connectivity index (χ1n) is 5.81. The molecule has 1 aromatic carbocycles. The monoisotopic (exact) mass is 189 g/mol. The van der Waals surface area contributed by atoms with E-state index < -0.39 is 0 Å². The second kappa shape index (κ2) is 6.64. The second-order valence-corrected chi connectivity index (χ2v) is 4.07. The van der Waals surface area contributed by atoms with Crippen LogP contribution in [0, 0.1) is 6.07 Å². The van der Waals surface area contributed by atoms with E-state index >= 15 is 0 Å². The molecule has 0 heteroatoms. The Kier molecular flexibility index (Phi) is 5.36. The molecule has 0 fully saturated rings. The molecule has 1 unspecified atom stereocenters. The van der Waals surface area contributed by atoms with Crippen molar-refractivity contribution in [2.45, 2.75) is 51.9 Å². The first-order chi connectivity index (χ1) is 6.84. The summed E-state index contributed by atoms with van der Waals surface area (Å²) < 4.78 is 0. The molecule has 0 nitrogen and oxygen atoms in total. The lowest BCUT2D eigenvalue weighted by Gasteiger charge is -2.10. The first kappa shape index (κ1) is 11.3. The van der Waals surface area contributed by atoms with Crippen LogP contribution in [0.1, 0.15) is 57.4 Å². The summed E-state index contributed by atoms with van der Waals surface area (Å²) in [5.41, 5.74) is 1.36. The summed E-state index contributed by atoms with van der Waals surface area (Å²) in [5, 5.41) is 0. The van der Waals surface area contributed by atoms with Crippen molar-refractivity contribution in [3.63, 3.8) is 0 Å². The zero-order valence-electron chi connectivity index (χ0n) is 9.42.